The van der Waals surface area contributed by atoms with Gasteiger partial charge in [0.25, 0.3) is 6.33 Å². The van der Waals surface area contributed by atoms with Crippen LogP contribution in [-0.4, -0.2) is 14.1 Å². The Morgan fingerprint density at radius 3 is 1.95 bits per heavy atom. The Morgan fingerprint density at radius 2 is 1.24 bits per heavy atom. The number of para-hydroxylation sites is 3. The summed E-state index contributed by atoms with van der Waals surface area (Å²) in [4.78, 5) is 4.75. The number of aromatic nitrogens is 4. The van der Waals surface area contributed by atoms with E-state index in [2.05, 4.69) is 18.5 Å². The van der Waals surface area contributed by atoms with Crippen LogP contribution in [0, 0.1) is 18.5 Å². The Balaban J connectivity index is 0.0000128. The van der Waals surface area contributed by atoms with E-state index in [-0.39, 0.29) is 54.7 Å². The first-order chi connectivity index (χ1) is 53.4. The Labute approximate surface area is 536 Å². The minimum Gasteiger partial charge on any atom is -0.510 e. The number of imidazole rings is 1. The maximum absolute atomic E-state index is 10.6. The molecule has 0 saturated heterocycles. The molecule has 398 valence electrons. The van der Waals surface area contributed by atoms with E-state index in [9.17, 15) is 24.7 Å². The topological polar surface area (TPSA) is 35.9 Å². The molecule has 6 heteroatoms. The molecule has 79 heavy (non-hydrogen) atoms. The van der Waals surface area contributed by atoms with Gasteiger partial charge in [0.1, 0.15) is 5.82 Å². The SMILES string of the molecule is [2H]c1c([2H])c([2H])c(-c2cc(-c3c([2H])c([2H])c4c(c3[2H])C(C([2H])([2H])[2H])(C([2H])([2H])[2H])CC4(C([2H])([2H])[2H])C([2H])([2H])[2H])c(-[n+]3[c-]n(-c4[c-]c(Oc5[c-]c6c(cc5)c5ccccc5n6-c5cc(C(C)(C)C)ccn5)ccc4)c4ccccc43)c(-c3c([2H])c([2H])c4c(c3[2H])C(C([2H])([2H])[2H])(C([2H])([2H])[2H])C([2H])([2H])C([2H])([2H])C4(C([2H])([2H])[2H])C([2H])([2H])[2H])c2)c([2H])c1[2H].[Pt]. The second-order valence-electron chi connectivity index (χ2n) is 20.5. The van der Waals surface area contributed by atoms with Crippen molar-refractivity contribution in [2.24, 2.45) is 0 Å². The van der Waals surface area contributed by atoms with Gasteiger partial charge in [0.15, 0.2) is 0 Å². The van der Waals surface area contributed by atoms with E-state index in [4.69, 9.17) is 38.5 Å². The zero-order chi connectivity index (χ0) is 87.3. The molecule has 3 heterocycles. The molecule has 11 aromatic rings. The molecule has 0 aliphatic heterocycles. The maximum atomic E-state index is 10.6. The average molecular weight is 1250 g/mol. The van der Waals surface area contributed by atoms with Crippen molar-refractivity contribution in [1.82, 2.24) is 14.1 Å². The molecule has 5 nitrogen and oxygen atoms in total. The van der Waals surface area contributed by atoms with Crippen molar-refractivity contribution < 1.29 is 83.8 Å². The molecule has 13 rings (SSSR count). The van der Waals surface area contributed by atoms with Crippen LogP contribution in [-0.2, 0) is 48.1 Å². The van der Waals surface area contributed by atoms with E-state index in [0.717, 1.165) is 38.6 Å². The molecule has 0 amide bonds. The number of rotatable bonds is 8. The van der Waals surface area contributed by atoms with Gasteiger partial charge in [0.2, 0.25) is 0 Å². The Morgan fingerprint density at radius 1 is 0.608 bits per heavy atom. The first-order valence-corrected chi connectivity index (χ1v) is 24.5. The van der Waals surface area contributed by atoms with Crippen molar-refractivity contribution in [2.75, 3.05) is 0 Å². The molecule has 0 radical (unpaired) electrons. The van der Waals surface area contributed by atoms with Crippen molar-refractivity contribution in [1.29, 1.82) is 0 Å². The fourth-order valence-corrected chi connectivity index (χ4v) is 10.3. The first kappa shape index (κ1) is 24.2. The predicted octanol–water partition coefficient (Wildman–Crippen LogP) is 18.2. The zero-order valence-corrected chi connectivity index (χ0v) is 44.4. The van der Waals surface area contributed by atoms with Crippen LogP contribution in [0.15, 0.2) is 176 Å². The van der Waals surface area contributed by atoms with Crippen molar-refractivity contribution in [2.45, 2.75) is 122 Å². The maximum Gasteiger partial charge on any atom is 0.268 e. The second kappa shape index (κ2) is 18.9. The summed E-state index contributed by atoms with van der Waals surface area (Å²) in [7, 11) is 0. The molecule has 0 fully saturated rings. The van der Waals surface area contributed by atoms with Crippen LogP contribution in [0.25, 0.3) is 83.4 Å². The molecule has 0 N–H and O–H groups in total. The van der Waals surface area contributed by atoms with Gasteiger partial charge >= 0.3 is 0 Å². The van der Waals surface area contributed by atoms with Crippen molar-refractivity contribution >= 4 is 32.8 Å². The Hall–Kier alpha value is -7.33. The van der Waals surface area contributed by atoms with Crippen LogP contribution in [0.2, 0.25) is 0 Å². The fraction of sp³-hybridized carbons (Fsp3) is 0.260. The van der Waals surface area contributed by atoms with Gasteiger partial charge in [-0.15, -0.1) is 29.7 Å². The minimum absolute atomic E-state index is 0. The van der Waals surface area contributed by atoms with E-state index in [1.54, 1.807) is 18.3 Å². The van der Waals surface area contributed by atoms with Crippen LogP contribution in [0.1, 0.15) is 176 Å². The van der Waals surface area contributed by atoms with Gasteiger partial charge in [-0.2, -0.15) is 18.2 Å². The van der Waals surface area contributed by atoms with Gasteiger partial charge in [-0.3, -0.25) is 4.57 Å². The van der Waals surface area contributed by atoms with Crippen molar-refractivity contribution in [3.63, 3.8) is 0 Å². The molecular weight excluding hydrogens is 1140 g/mol. The predicted molar refractivity (Wildman–Crippen MR) is 321 cm³/mol. The van der Waals surface area contributed by atoms with E-state index in [1.807, 2.05) is 61.7 Å². The normalized spacial score (nSPS) is 25.7. The fourth-order valence-electron chi connectivity index (χ4n) is 10.3. The molecule has 2 aliphatic rings. The third kappa shape index (κ3) is 8.98. The van der Waals surface area contributed by atoms with Gasteiger partial charge in [0.05, 0.1) is 31.8 Å². The third-order valence-corrected chi connectivity index (χ3v) is 14.0. The molecule has 0 saturated carbocycles. The minimum atomic E-state index is -4.93. The average Bonchev–Trinajstić information content (AvgIpc) is 0.671. The smallest absolute Gasteiger partial charge is 0.268 e. The number of hydrogen-bond acceptors (Lipinski definition) is 2. The Kier molecular flexibility index (Phi) is 5.79. The molecule has 8 aromatic carbocycles. The summed E-state index contributed by atoms with van der Waals surface area (Å²) in [6.45, 7) is -28.8. The van der Waals surface area contributed by atoms with Crippen LogP contribution in [0.5, 0.6) is 11.5 Å². The summed E-state index contributed by atoms with van der Waals surface area (Å²) in [6, 6.07) is 17.1. The summed E-state index contributed by atoms with van der Waals surface area (Å²) in [5.74, 6) is 0.615. The Bertz CT molecular complexity index is 5920. The standard InChI is InChI=1S/C73H68N4O.Pt/c1-69(2,3)51-34-37-74-67(42-51)77-63-25-16-15-24-55(63)56-31-30-54(44-66(56)77)78-53-23-19-22-52(43-53)75-46-76(65-27-18-17-26-64(65)75)68-57(48-28-32-59-61(40-48)71(6,7)36-35-70(59,4)5)38-50(47-20-13-12-14-21-47)39-58(68)49-29-33-60-62(41-49)73(10,11)45-72(60,8)9;/h12-34,37-42H,35-36,45H2,1-11H3;/q-2;/i4D3,5D3,6D3,7D3,8D3,9D3,10D3,11D3,12D,13D,14D,20D,21D,28D,29D,32D,33D,35D2,36D2,40D,41D;. The van der Waals surface area contributed by atoms with Crippen molar-refractivity contribution in [3.8, 4) is 62.1 Å². The number of fused-ring (bicyclic) bond motifs is 6. The summed E-state index contributed by atoms with van der Waals surface area (Å²) in [5.41, 5.74) is -30.1. The monoisotopic (exact) mass is 1250 g/mol. The largest absolute Gasteiger partial charge is 0.510 e. The summed E-state index contributed by atoms with van der Waals surface area (Å²) in [5, 5.41) is 1.59. The third-order valence-electron chi connectivity index (χ3n) is 14.0. The molecular formula is C73H68N4OPt-2. The summed E-state index contributed by atoms with van der Waals surface area (Å²) >= 11 is 0. The first-order valence-electron chi connectivity index (χ1n) is 44.0. The van der Waals surface area contributed by atoms with Gasteiger partial charge in [0, 0.05) is 82.7 Å². The van der Waals surface area contributed by atoms with E-state index < -0.39 is 223 Å². The van der Waals surface area contributed by atoms with Crippen LogP contribution >= 0.6 is 0 Å². The van der Waals surface area contributed by atoms with E-state index in [1.165, 1.54) is 47.0 Å². The molecule has 0 atom stereocenters. The number of nitrogens with zero attached hydrogens (tertiary/aromatic N) is 4. The van der Waals surface area contributed by atoms with E-state index in [0.29, 0.717) is 11.3 Å². The molecule has 0 bridgehead atoms. The van der Waals surface area contributed by atoms with Gasteiger partial charge in [-0.1, -0.05) is 190 Å². The molecule has 3 aromatic heterocycles. The summed E-state index contributed by atoms with van der Waals surface area (Å²) in [6.07, 6.45) is -6.99. The quantitative estimate of drug-likeness (QED) is 0.112. The van der Waals surface area contributed by atoms with Crippen LogP contribution in [0.4, 0.5) is 0 Å². The summed E-state index contributed by atoms with van der Waals surface area (Å²) < 4.78 is 374. The van der Waals surface area contributed by atoms with Crippen LogP contribution < -0.4 is 9.30 Å². The van der Waals surface area contributed by atoms with E-state index >= 15 is 0 Å². The van der Waals surface area contributed by atoms with Gasteiger partial charge in [-0.05, 0) is 149 Å². The molecule has 0 unspecified atom stereocenters. The second-order valence-corrected chi connectivity index (χ2v) is 20.5. The van der Waals surface area contributed by atoms with Gasteiger partial charge in [-0.25, -0.2) is 4.98 Å². The number of pyridine rings is 1. The van der Waals surface area contributed by atoms with Crippen molar-refractivity contribution in [3.05, 3.63) is 222 Å². The number of hydrogen-bond donors (Lipinski definition) is 0. The molecule has 2 aliphatic carbocycles. The molecule has 0 spiro atoms. The zero-order valence-electron chi connectivity index (χ0n) is 81.1. The number of ether oxygens (including phenoxy) is 1. The number of benzene rings is 8. The van der Waals surface area contributed by atoms with Crippen LogP contribution in [0.3, 0.4) is 0 Å². The van der Waals surface area contributed by atoms with Gasteiger partial charge < -0.3 is 13.9 Å².